The lowest BCUT2D eigenvalue weighted by molar-refractivity contribution is -0.140. The predicted molar refractivity (Wildman–Crippen MR) is 66.4 cm³/mol. The fourth-order valence-corrected chi connectivity index (χ4v) is 1.92. The van der Waals surface area contributed by atoms with E-state index in [0.717, 1.165) is 0 Å². The molecule has 0 spiro atoms. The average Bonchev–Trinajstić information content (AvgIpc) is 2.28. The van der Waals surface area contributed by atoms with Gasteiger partial charge in [0.15, 0.2) is 5.16 Å². The fraction of sp³-hybridized carbons (Fsp3) is 0.556. The highest BCUT2D eigenvalue weighted by atomic mass is 35.5. The Hall–Kier alpha value is -1.08. The third-order valence-electron chi connectivity index (χ3n) is 1.69. The number of aromatic nitrogens is 3. The van der Waals surface area contributed by atoms with Crippen molar-refractivity contribution in [2.45, 2.75) is 18.5 Å². The Balaban J connectivity index is 2.55. The van der Waals surface area contributed by atoms with Gasteiger partial charge in [0.2, 0.25) is 11.2 Å². The van der Waals surface area contributed by atoms with Crippen molar-refractivity contribution in [3.8, 4) is 0 Å². The molecule has 1 rings (SSSR count). The van der Waals surface area contributed by atoms with Crippen molar-refractivity contribution < 1.29 is 9.53 Å². The molecule has 0 unspecified atom stereocenters. The zero-order chi connectivity index (χ0) is 12.7. The third kappa shape index (κ3) is 5.18. The molecule has 1 N–H and O–H groups in total. The van der Waals surface area contributed by atoms with Gasteiger partial charge in [0.25, 0.3) is 0 Å². The molecule has 0 saturated heterocycles. The summed E-state index contributed by atoms with van der Waals surface area (Å²) in [5.41, 5.74) is 0. The van der Waals surface area contributed by atoms with Crippen LogP contribution in [0.1, 0.15) is 13.3 Å². The lowest BCUT2D eigenvalue weighted by Crippen LogP contribution is -2.05. The van der Waals surface area contributed by atoms with E-state index in [1.165, 1.54) is 18.9 Å². The SMILES string of the molecule is CCNc1nc(Cl)nc(SCCC(=O)OC)n1. The van der Waals surface area contributed by atoms with Crippen molar-refractivity contribution >= 4 is 35.3 Å². The summed E-state index contributed by atoms with van der Waals surface area (Å²) in [5, 5.41) is 3.57. The van der Waals surface area contributed by atoms with Gasteiger partial charge in [-0.2, -0.15) is 15.0 Å². The lowest BCUT2D eigenvalue weighted by atomic mass is 10.5. The maximum absolute atomic E-state index is 10.9. The monoisotopic (exact) mass is 276 g/mol. The standard InChI is InChI=1S/C9H13ClN4O2S/c1-3-11-8-12-7(10)13-9(14-8)17-5-4-6(15)16-2/h3-5H2,1-2H3,(H,11,12,13,14). The van der Waals surface area contributed by atoms with Crippen molar-refractivity contribution in [2.24, 2.45) is 0 Å². The molecule has 0 aliphatic carbocycles. The van der Waals surface area contributed by atoms with E-state index in [9.17, 15) is 4.79 Å². The minimum absolute atomic E-state index is 0.136. The van der Waals surface area contributed by atoms with Gasteiger partial charge in [0.1, 0.15) is 0 Å². The number of rotatable bonds is 6. The minimum Gasteiger partial charge on any atom is -0.469 e. The van der Waals surface area contributed by atoms with Crippen LogP contribution in [0, 0.1) is 0 Å². The molecular formula is C9H13ClN4O2S. The van der Waals surface area contributed by atoms with Crippen molar-refractivity contribution in [2.75, 3.05) is 24.7 Å². The quantitative estimate of drug-likeness (QED) is 0.625. The molecule has 0 bridgehead atoms. The summed E-state index contributed by atoms with van der Waals surface area (Å²) in [6.45, 7) is 2.63. The van der Waals surface area contributed by atoms with Crippen LogP contribution in [0.3, 0.4) is 0 Å². The van der Waals surface area contributed by atoms with Crippen molar-refractivity contribution in [1.82, 2.24) is 15.0 Å². The van der Waals surface area contributed by atoms with Crippen LogP contribution in [-0.4, -0.2) is 40.3 Å². The second-order valence-electron chi connectivity index (χ2n) is 2.92. The second-order valence-corrected chi connectivity index (χ2v) is 4.32. The van der Waals surface area contributed by atoms with Crippen LogP contribution in [0.4, 0.5) is 5.95 Å². The van der Waals surface area contributed by atoms with Gasteiger partial charge in [-0.05, 0) is 18.5 Å². The molecule has 1 aromatic heterocycles. The molecule has 94 valence electrons. The number of esters is 1. The first-order valence-electron chi connectivity index (χ1n) is 5.00. The summed E-state index contributed by atoms with van der Waals surface area (Å²) in [6, 6.07) is 0. The van der Waals surface area contributed by atoms with Crippen LogP contribution in [0.2, 0.25) is 5.28 Å². The Morgan fingerprint density at radius 1 is 1.47 bits per heavy atom. The third-order valence-corrected chi connectivity index (χ3v) is 2.71. The van der Waals surface area contributed by atoms with Gasteiger partial charge in [-0.25, -0.2) is 0 Å². The van der Waals surface area contributed by atoms with Gasteiger partial charge in [0.05, 0.1) is 13.5 Å². The van der Waals surface area contributed by atoms with E-state index in [1.54, 1.807) is 0 Å². The van der Waals surface area contributed by atoms with Gasteiger partial charge < -0.3 is 10.1 Å². The number of hydrogen-bond acceptors (Lipinski definition) is 7. The number of methoxy groups -OCH3 is 1. The van der Waals surface area contributed by atoms with Gasteiger partial charge in [-0.15, -0.1) is 0 Å². The number of hydrogen-bond donors (Lipinski definition) is 1. The van der Waals surface area contributed by atoms with Crippen LogP contribution in [0.15, 0.2) is 5.16 Å². The molecule has 0 saturated carbocycles. The molecule has 17 heavy (non-hydrogen) atoms. The highest BCUT2D eigenvalue weighted by Gasteiger charge is 2.06. The minimum atomic E-state index is -0.260. The highest BCUT2D eigenvalue weighted by Crippen LogP contribution is 2.17. The smallest absolute Gasteiger partial charge is 0.306 e. The number of ether oxygens (including phenoxy) is 1. The molecule has 0 fully saturated rings. The average molecular weight is 277 g/mol. The van der Waals surface area contributed by atoms with E-state index in [1.807, 2.05) is 6.92 Å². The Labute approximate surface area is 109 Å². The number of halogens is 1. The van der Waals surface area contributed by atoms with Crippen LogP contribution < -0.4 is 5.32 Å². The van der Waals surface area contributed by atoms with Gasteiger partial charge in [0, 0.05) is 12.3 Å². The molecule has 0 radical (unpaired) electrons. The maximum atomic E-state index is 10.9. The number of nitrogens with one attached hydrogen (secondary N) is 1. The zero-order valence-electron chi connectivity index (χ0n) is 9.57. The van der Waals surface area contributed by atoms with Gasteiger partial charge in [-0.3, -0.25) is 4.79 Å². The summed E-state index contributed by atoms with van der Waals surface area (Å²) in [4.78, 5) is 22.9. The van der Waals surface area contributed by atoms with E-state index in [4.69, 9.17) is 11.6 Å². The first-order chi connectivity index (χ1) is 8.15. The zero-order valence-corrected chi connectivity index (χ0v) is 11.1. The van der Waals surface area contributed by atoms with Crippen LogP contribution in [-0.2, 0) is 9.53 Å². The molecule has 0 aromatic carbocycles. The van der Waals surface area contributed by atoms with Crippen LogP contribution in [0.25, 0.3) is 0 Å². The topological polar surface area (TPSA) is 77.0 Å². The van der Waals surface area contributed by atoms with E-state index >= 15 is 0 Å². The number of anilines is 1. The molecular weight excluding hydrogens is 264 g/mol. The van der Waals surface area contributed by atoms with Gasteiger partial charge in [-0.1, -0.05) is 11.8 Å². The van der Waals surface area contributed by atoms with Crippen LogP contribution in [0.5, 0.6) is 0 Å². The molecule has 0 atom stereocenters. The highest BCUT2D eigenvalue weighted by molar-refractivity contribution is 7.99. The first kappa shape index (κ1) is 14.0. The number of nitrogens with zero attached hydrogens (tertiary/aromatic N) is 3. The Bertz CT molecular complexity index is 391. The molecule has 0 aliphatic heterocycles. The first-order valence-corrected chi connectivity index (χ1v) is 6.37. The molecule has 1 heterocycles. The van der Waals surface area contributed by atoms with E-state index < -0.39 is 0 Å². The van der Waals surface area contributed by atoms with E-state index in [-0.39, 0.29) is 11.3 Å². The summed E-state index contributed by atoms with van der Waals surface area (Å²) in [5.74, 6) is 0.719. The van der Waals surface area contributed by atoms with E-state index in [2.05, 4.69) is 25.0 Å². The van der Waals surface area contributed by atoms with Crippen molar-refractivity contribution in [1.29, 1.82) is 0 Å². The van der Waals surface area contributed by atoms with Crippen molar-refractivity contribution in [3.63, 3.8) is 0 Å². The fourth-order valence-electron chi connectivity index (χ4n) is 0.961. The van der Waals surface area contributed by atoms with Gasteiger partial charge >= 0.3 is 5.97 Å². The normalized spacial score (nSPS) is 10.1. The summed E-state index contributed by atoms with van der Waals surface area (Å²) in [6.07, 6.45) is 0.307. The van der Waals surface area contributed by atoms with Crippen molar-refractivity contribution in [3.05, 3.63) is 5.28 Å². The Morgan fingerprint density at radius 3 is 2.88 bits per heavy atom. The predicted octanol–water partition coefficient (Wildman–Crippen LogP) is 1.61. The molecule has 8 heteroatoms. The summed E-state index contributed by atoms with van der Waals surface area (Å²) < 4.78 is 4.53. The number of carbonyl (C=O) groups excluding carboxylic acids is 1. The van der Waals surface area contributed by atoms with Crippen LogP contribution >= 0.6 is 23.4 Å². The Morgan fingerprint density at radius 2 is 2.24 bits per heavy atom. The molecule has 0 amide bonds. The second kappa shape index (κ2) is 7.29. The molecule has 1 aromatic rings. The molecule has 0 aliphatic rings. The maximum Gasteiger partial charge on any atom is 0.306 e. The molecule has 6 nitrogen and oxygen atoms in total. The largest absolute Gasteiger partial charge is 0.469 e. The Kier molecular flexibility index (Phi) is 5.99. The summed E-state index contributed by atoms with van der Waals surface area (Å²) >= 11 is 7.08. The number of thioether (sulfide) groups is 1. The van der Waals surface area contributed by atoms with E-state index in [0.29, 0.717) is 29.8 Å². The lowest BCUT2D eigenvalue weighted by Gasteiger charge is -2.04. The number of carbonyl (C=O) groups is 1. The summed E-state index contributed by atoms with van der Waals surface area (Å²) in [7, 11) is 1.36.